The molecular weight excluding hydrogens is 196 g/mol. The van der Waals surface area contributed by atoms with Crippen molar-refractivity contribution in [2.45, 2.75) is 25.7 Å². The van der Waals surface area contributed by atoms with Crippen molar-refractivity contribution in [3.05, 3.63) is 35.4 Å². The summed E-state index contributed by atoms with van der Waals surface area (Å²) in [4.78, 5) is 0. The van der Waals surface area contributed by atoms with Gasteiger partial charge in [0.25, 0.3) is 0 Å². The van der Waals surface area contributed by atoms with E-state index in [-0.39, 0.29) is 10.8 Å². The van der Waals surface area contributed by atoms with Crippen molar-refractivity contribution in [3.63, 3.8) is 0 Å². The second-order valence-corrected chi connectivity index (χ2v) is 4.97. The summed E-state index contributed by atoms with van der Waals surface area (Å²) in [7, 11) is 0. The Balaban J connectivity index is 2.46. The predicted octanol–water partition coefficient (Wildman–Crippen LogP) is 2.59. The number of rotatable bonds is 2. The van der Waals surface area contributed by atoms with Crippen molar-refractivity contribution in [2.75, 3.05) is 6.54 Å². The van der Waals surface area contributed by atoms with Gasteiger partial charge in [0.15, 0.2) is 0 Å². The number of benzene rings is 1. The summed E-state index contributed by atoms with van der Waals surface area (Å²) in [6.45, 7) is 4.52. The van der Waals surface area contributed by atoms with Crippen molar-refractivity contribution in [1.82, 2.24) is 0 Å². The molecular formula is C12H15F2N. The monoisotopic (exact) mass is 211 g/mol. The van der Waals surface area contributed by atoms with Gasteiger partial charge >= 0.3 is 0 Å². The van der Waals surface area contributed by atoms with Crippen molar-refractivity contribution >= 4 is 0 Å². The molecule has 1 aliphatic rings. The second kappa shape index (κ2) is 3.01. The van der Waals surface area contributed by atoms with Crippen LogP contribution in [0, 0.1) is 17.0 Å². The summed E-state index contributed by atoms with van der Waals surface area (Å²) in [5.41, 5.74) is 5.99. The third-order valence-corrected chi connectivity index (χ3v) is 3.71. The molecule has 15 heavy (non-hydrogen) atoms. The molecule has 0 radical (unpaired) electrons. The van der Waals surface area contributed by atoms with Crippen LogP contribution in [0.3, 0.4) is 0 Å². The molecule has 1 saturated carbocycles. The first-order valence-electron chi connectivity index (χ1n) is 5.08. The van der Waals surface area contributed by atoms with Crippen molar-refractivity contribution in [3.8, 4) is 0 Å². The maximum Gasteiger partial charge on any atom is 0.129 e. The Morgan fingerprint density at radius 2 is 1.93 bits per heavy atom. The molecule has 0 aromatic heterocycles. The van der Waals surface area contributed by atoms with Crippen LogP contribution in [0.25, 0.3) is 0 Å². The molecule has 1 aliphatic carbocycles. The van der Waals surface area contributed by atoms with Gasteiger partial charge in [0.2, 0.25) is 0 Å². The number of hydrogen-bond acceptors (Lipinski definition) is 1. The zero-order valence-electron chi connectivity index (χ0n) is 8.98. The zero-order valence-corrected chi connectivity index (χ0v) is 8.98. The molecule has 0 spiro atoms. The fraction of sp³-hybridized carbons (Fsp3) is 0.500. The summed E-state index contributed by atoms with van der Waals surface area (Å²) in [6, 6.07) is 3.75. The Labute approximate surface area is 88.3 Å². The van der Waals surface area contributed by atoms with Gasteiger partial charge in [0.1, 0.15) is 11.6 Å². The summed E-state index contributed by atoms with van der Waals surface area (Å²) >= 11 is 0. The highest BCUT2D eigenvalue weighted by atomic mass is 19.1. The van der Waals surface area contributed by atoms with Crippen LogP contribution in [0.2, 0.25) is 0 Å². The van der Waals surface area contributed by atoms with E-state index in [0.29, 0.717) is 12.1 Å². The van der Waals surface area contributed by atoms with Gasteiger partial charge in [-0.15, -0.1) is 0 Å². The third kappa shape index (κ3) is 1.37. The highest BCUT2D eigenvalue weighted by molar-refractivity contribution is 5.38. The molecule has 0 saturated heterocycles. The first-order valence-corrected chi connectivity index (χ1v) is 5.08. The van der Waals surface area contributed by atoms with E-state index in [0.717, 1.165) is 12.5 Å². The predicted molar refractivity (Wildman–Crippen MR) is 55.5 cm³/mol. The van der Waals surface area contributed by atoms with E-state index in [1.807, 2.05) is 0 Å². The van der Waals surface area contributed by atoms with E-state index in [1.54, 1.807) is 0 Å². The van der Waals surface area contributed by atoms with Gasteiger partial charge < -0.3 is 5.73 Å². The fourth-order valence-electron chi connectivity index (χ4n) is 2.51. The van der Waals surface area contributed by atoms with Crippen LogP contribution >= 0.6 is 0 Å². The Kier molecular flexibility index (Phi) is 2.12. The maximum absolute atomic E-state index is 13.6. The van der Waals surface area contributed by atoms with Crippen LogP contribution in [0.5, 0.6) is 0 Å². The first kappa shape index (κ1) is 10.6. The molecule has 1 aromatic rings. The smallest absolute Gasteiger partial charge is 0.129 e. The maximum atomic E-state index is 13.6. The van der Waals surface area contributed by atoms with Crippen molar-refractivity contribution in [2.24, 2.45) is 11.1 Å². The normalized spacial score (nSPS) is 27.8. The van der Waals surface area contributed by atoms with Gasteiger partial charge in [-0.25, -0.2) is 8.78 Å². The van der Waals surface area contributed by atoms with Crippen LogP contribution in [-0.4, -0.2) is 6.54 Å². The second-order valence-electron chi connectivity index (χ2n) is 4.97. The highest BCUT2D eigenvalue weighted by Crippen LogP contribution is 2.63. The van der Waals surface area contributed by atoms with Crippen LogP contribution in [0.4, 0.5) is 8.78 Å². The van der Waals surface area contributed by atoms with E-state index >= 15 is 0 Å². The van der Waals surface area contributed by atoms with E-state index < -0.39 is 11.6 Å². The minimum absolute atomic E-state index is 0.0143. The molecule has 82 valence electrons. The molecule has 3 heteroatoms. The van der Waals surface area contributed by atoms with Crippen molar-refractivity contribution < 1.29 is 8.78 Å². The Bertz CT molecular complexity index is 401. The lowest BCUT2D eigenvalue weighted by Crippen LogP contribution is -2.26. The summed E-state index contributed by atoms with van der Waals surface area (Å²) in [5.74, 6) is -1.02. The molecule has 0 bridgehead atoms. The third-order valence-electron chi connectivity index (χ3n) is 3.71. The minimum atomic E-state index is -0.540. The summed E-state index contributed by atoms with van der Waals surface area (Å²) < 4.78 is 26.4. The van der Waals surface area contributed by atoms with E-state index in [2.05, 4.69) is 13.8 Å². The van der Waals surface area contributed by atoms with Crippen LogP contribution in [-0.2, 0) is 5.41 Å². The lowest BCUT2D eigenvalue weighted by atomic mass is 9.87. The molecule has 0 heterocycles. The molecule has 1 fully saturated rings. The average molecular weight is 211 g/mol. The molecule has 2 rings (SSSR count). The molecule has 0 amide bonds. The Morgan fingerprint density at radius 1 is 1.33 bits per heavy atom. The number of halogens is 2. The zero-order chi connectivity index (χ0) is 11.3. The van der Waals surface area contributed by atoms with Crippen LogP contribution in [0.15, 0.2) is 18.2 Å². The van der Waals surface area contributed by atoms with Gasteiger partial charge in [-0.3, -0.25) is 0 Å². The summed E-state index contributed by atoms with van der Waals surface area (Å²) in [5, 5.41) is 0. The van der Waals surface area contributed by atoms with Gasteiger partial charge in [-0.1, -0.05) is 19.9 Å². The van der Waals surface area contributed by atoms with Gasteiger partial charge in [-0.05, 0) is 23.5 Å². The quantitative estimate of drug-likeness (QED) is 0.799. The lowest BCUT2D eigenvalue weighted by Gasteiger charge is -2.19. The SMILES string of the molecule is CC1(C)C[C@@]1(CN)c1ccc(F)cc1F. The average Bonchev–Trinajstić information content (AvgIpc) is 2.69. The number of nitrogens with two attached hydrogens (primary N) is 1. The van der Waals surface area contributed by atoms with Crippen LogP contribution in [0.1, 0.15) is 25.8 Å². The van der Waals surface area contributed by atoms with Crippen molar-refractivity contribution in [1.29, 1.82) is 0 Å². The fourth-order valence-corrected chi connectivity index (χ4v) is 2.51. The van der Waals surface area contributed by atoms with E-state index in [4.69, 9.17) is 5.73 Å². The van der Waals surface area contributed by atoms with E-state index in [1.165, 1.54) is 12.1 Å². The largest absolute Gasteiger partial charge is 0.330 e. The lowest BCUT2D eigenvalue weighted by molar-refractivity contribution is 0.473. The van der Waals surface area contributed by atoms with Gasteiger partial charge in [-0.2, -0.15) is 0 Å². The summed E-state index contributed by atoms with van der Waals surface area (Å²) in [6.07, 6.45) is 0.860. The molecule has 0 unspecified atom stereocenters. The molecule has 1 nitrogen and oxygen atoms in total. The molecule has 0 aliphatic heterocycles. The molecule has 2 N–H and O–H groups in total. The molecule has 1 atom stereocenters. The minimum Gasteiger partial charge on any atom is -0.330 e. The molecule has 1 aromatic carbocycles. The Morgan fingerprint density at radius 3 is 2.33 bits per heavy atom. The standard InChI is InChI=1S/C12H15F2N/c1-11(2)6-12(11,7-15)9-4-3-8(13)5-10(9)14/h3-5H,6-7,15H2,1-2H3/t12-/m1/s1. The topological polar surface area (TPSA) is 26.0 Å². The van der Waals surface area contributed by atoms with Gasteiger partial charge in [0, 0.05) is 18.0 Å². The Hall–Kier alpha value is -0.960. The van der Waals surface area contributed by atoms with Gasteiger partial charge in [0.05, 0.1) is 0 Å². The highest BCUT2D eigenvalue weighted by Gasteiger charge is 2.61. The van der Waals surface area contributed by atoms with Crippen LogP contribution < -0.4 is 5.73 Å². The van der Waals surface area contributed by atoms with E-state index in [9.17, 15) is 8.78 Å². The first-order chi connectivity index (χ1) is 6.93. The number of hydrogen-bond donors (Lipinski definition) is 1.